The van der Waals surface area contributed by atoms with Crippen LogP contribution in [0, 0.1) is 6.92 Å². The smallest absolute Gasteiger partial charge is 0.152 e. The first kappa shape index (κ1) is 11.2. The van der Waals surface area contributed by atoms with Crippen molar-refractivity contribution in [1.82, 2.24) is 14.6 Å². The Morgan fingerprint density at radius 2 is 2.39 bits per heavy atom. The Bertz CT molecular complexity index is 642. The number of hydrogen-bond acceptors (Lipinski definition) is 4. The highest BCUT2D eigenvalue weighted by Crippen LogP contribution is 2.15. The van der Waals surface area contributed by atoms with Gasteiger partial charge < -0.3 is 5.32 Å². The van der Waals surface area contributed by atoms with Crippen molar-refractivity contribution in [1.29, 1.82) is 0 Å². The first-order chi connectivity index (χ1) is 8.83. The Morgan fingerprint density at radius 1 is 1.44 bits per heavy atom. The Labute approximate surface area is 109 Å². The zero-order valence-electron chi connectivity index (χ0n) is 10.1. The van der Waals surface area contributed by atoms with E-state index in [0.717, 1.165) is 30.0 Å². The molecule has 92 valence electrons. The van der Waals surface area contributed by atoms with Gasteiger partial charge in [0.25, 0.3) is 0 Å². The Balaban J connectivity index is 1.74. The minimum atomic E-state index is 0.883. The molecule has 3 aromatic heterocycles. The number of anilines is 1. The van der Waals surface area contributed by atoms with Crippen LogP contribution in [0.4, 0.5) is 5.82 Å². The minimum absolute atomic E-state index is 0.883. The van der Waals surface area contributed by atoms with Crippen molar-refractivity contribution in [3.05, 3.63) is 46.5 Å². The molecular weight excluding hydrogens is 244 g/mol. The van der Waals surface area contributed by atoms with Gasteiger partial charge in [0.2, 0.25) is 0 Å². The van der Waals surface area contributed by atoms with Crippen LogP contribution in [0.2, 0.25) is 0 Å². The average molecular weight is 258 g/mol. The molecule has 18 heavy (non-hydrogen) atoms. The summed E-state index contributed by atoms with van der Waals surface area (Å²) in [6.45, 7) is 2.87. The van der Waals surface area contributed by atoms with Gasteiger partial charge in [0.15, 0.2) is 5.82 Å². The normalized spacial score (nSPS) is 10.9. The maximum absolute atomic E-state index is 4.37. The van der Waals surface area contributed by atoms with Crippen molar-refractivity contribution in [2.24, 2.45) is 0 Å². The van der Waals surface area contributed by atoms with E-state index in [4.69, 9.17) is 0 Å². The molecule has 0 saturated heterocycles. The van der Waals surface area contributed by atoms with E-state index in [1.165, 1.54) is 5.56 Å². The lowest BCUT2D eigenvalue weighted by Crippen LogP contribution is -2.07. The summed E-state index contributed by atoms with van der Waals surface area (Å²) >= 11 is 1.73. The topological polar surface area (TPSA) is 42.2 Å². The fourth-order valence-electron chi connectivity index (χ4n) is 1.94. The third-order valence-electron chi connectivity index (χ3n) is 2.80. The second kappa shape index (κ2) is 4.78. The van der Waals surface area contributed by atoms with Crippen LogP contribution in [0.25, 0.3) is 5.52 Å². The molecule has 4 nitrogen and oxygen atoms in total. The first-order valence-electron chi connectivity index (χ1n) is 5.89. The SMILES string of the molecule is Cc1cc2c(NCCc3ccsc3)nccn2n1. The Hall–Kier alpha value is -1.88. The summed E-state index contributed by atoms with van der Waals surface area (Å²) in [5, 5.41) is 12.0. The number of thiophene rings is 1. The van der Waals surface area contributed by atoms with Crippen LogP contribution in [0.3, 0.4) is 0 Å². The molecule has 0 spiro atoms. The zero-order chi connectivity index (χ0) is 12.4. The summed E-state index contributed by atoms with van der Waals surface area (Å²) in [5.41, 5.74) is 3.40. The molecule has 0 atom stereocenters. The number of nitrogens with one attached hydrogen (secondary N) is 1. The van der Waals surface area contributed by atoms with Gasteiger partial charge in [-0.15, -0.1) is 0 Å². The molecule has 0 aliphatic rings. The molecule has 5 heteroatoms. The van der Waals surface area contributed by atoms with Gasteiger partial charge in [-0.25, -0.2) is 9.50 Å². The molecule has 0 fully saturated rings. The van der Waals surface area contributed by atoms with Crippen LogP contribution in [-0.2, 0) is 6.42 Å². The summed E-state index contributed by atoms with van der Waals surface area (Å²) in [6, 6.07) is 4.20. The van der Waals surface area contributed by atoms with E-state index in [1.54, 1.807) is 17.5 Å². The Morgan fingerprint density at radius 3 is 3.22 bits per heavy atom. The summed E-state index contributed by atoms with van der Waals surface area (Å²) in [4.78, 5) is 4.37. The van der Waals surface area contributed by atoms with Crippen LogP contribution >= 0.6 is 11.3 Å². The lowest BCUT2D eigenvalue weighted by molar-refractivity contribution is 0.917. The van der Waals surface area contributed by atoms with Gasteiger partial charge in [-0.3, -0.25) is 0 Å². The standard InChI is InChI=1S/C13H14N4S/c1-10-8-12-13(15-5-6-17(12)16-10)14-4-2-11-3-7-18-9-11/h3,5-9H,2,4H2,1H3,(H,14,15). The van der Waals surface area contributed by atoms with Crippen molar-refractivity contribution in [3.8, 4) is 0 Å². The van der Waals surface area contributed by atoms with Gasteiger partial charge in [-0.05, 0) is 41.8 Å². The zero-order valence-corrected chi connectivity index (χ0v) is 10.9. The van der Waals surface area contributed by atoms with Gasteiger partial charge in [0.05, 0.1) is 5.69 Å². The number of aryl methyl sites for hydroxylation is 1. The van der Waals surface area contributed by atoms with Gasteiger partial charge in [0, 0.05) is 18.9 Å². The van der Waals surface area contributed by atoms with E-state index in [0.29, 0.717) is 0 Å². The monoisotopic (exact) mass is 258 g/mol. The van der Waals surface area contributed by atoms with E-state index in [1.807, 2.05) is 23.7 Å². The highest BCUT2D eigenvalue weighted by molar-refractivity contribution is 7.07. The van der Waals surface area contributed by atoms with Crippen molar-refractivity contribution < 1.29 is 0 Å². The molecule has 3 rings (SSSR count). The van der Waals surface area contributed by atoms with Crippen LogP contribution in [0.1, 0.15) is 11.3 Å². The van der Waals surface area contributed by atoms with E-state index < -0.39 is 0 Å². The van der Waals surface area contributed by atoms with E-state index in [9.17, 15) is 0 Å². The van der Waals surface area contributed by atoms with Crippen LogP contribution in [0.5, 0.6) is 0 Å². The molecule has 0 amide bonds. The summed E-state index contributed by atoms with van der Waals surface area (Å²) < 4.78 is 1.86. The van der Waals surface area contributed by atoms with Crippen LogP contribution < -0.4 is 5.32 Å². The minimum Gasteiger partial charge on any atom is -0.368 e. The molecule has 0 aliphatic heterocycles. The average Bonchev–Trinajstić information content (AvgIpc) is 2.97. The van der Waals surface area contributed by atoms with Crippen molar-refractivity contribution in [3.63, 3.8) is 0 Å². The molecular formula is C13H14N4S. The van der Waals surface area contributed by atoms with Gasteiger partial charge in [0.1, 0.15) is 5.52 Å². The third kappa shape index (κ3) is 2.22. The largest absolute Gasteiger partial charge is 0.368 e. The Kier molecular flexibility index (Phi) is 2.98. The fourth-order valence-corrected chi connectivity index (χ4v) is 2.64. The quantitative estimate of drug-likeness (QED) is 0.782. The fraction of sp³-hybridized carbons (Fsp3) is 0.231. The van der Waals surface area contributed by atoms with E-state index in [-0.39, 0.29) is 0 Å². The molecule has 0 aromatic carbocycles. The molecule has 3 heterocycles. The number of fused-ring (bicyclic) bond motifs is 1. The van der Waals surface area contributed by atoms with Crippen molar-refractivity contribution in [2.45, 2.75) is 13.3 Å². The predicted octanol–water partition coefficient (Wildman–Crippen LogP) is 2.75. The van der Waals surface area contributed by atoms with Crippen molar-refractivity contribution >= 4 is 22.7 Å². The predicted molar refractivity (Wildman–Crippen MR) is 74.2 cm³/mol. The van der Waals surface area contributed by atoms with Gasteiger partial charge >= 0.3 is 0 Å². The summed E-state index contributed by atoms with van der Waals surface area (Å²) in [5.74, 6) is 0.897. The highest BCUT2D eigenvalue weighted by Gasteiger charge is 2.04. The highest BCUT2D eigenvalue weighted by atomic mass is 32.1. The number of aromatic nitrogens is 3. The third-order valence-corrected chi connectivity index (χ3v) is 3.53. The summed E-state index contributed by atoms with van der Waals surface area (Å²) in [6.07, 6.45) is 4.65. The van der Waals surface area contributed by atoms with E-state index in [2.05, 4.69) is 32.2 Å². The molecule has 0 aliphatic carbocycles. The number of rotatable bonds is 4. The molecule has 0 bridgehead atoms. The summed E-state index contributed by atoms with van der Waals surface area (Å²) in [7, 11) is 0. The maximum Gasteiger partial charge on any atom is 0.152 e. The second-order valence-electron chi connectivity index (χ2n) is 4.20. The number of hydrogen-bond donors (Lipinski definition) is 1. The van der Waals surface area contributed by atoms with Gasteiger partial charge in [-0.1, -0.05) is 0 Å². The molecule has 3 aromatic rings. The van der Waals surface area contributed by atoms with Crippen LogP contribution in [-0.4, -0.2) is 21.1 Å². The maximum atomic E-state index is 4.37. The first-order valence-corrected chi connectivity index (χ1v) is 6.83. The number of nitrogens with zero attached hydrogens (tertiary/aromatic N) is 3. The molecule has 0 saturated carbocycles. The molecule has 0 unspecified atom stereocenters. The lowest BCUT2D eigenvalue weighted by atomic mass is 10.2. The second-order valence-corrected chi connectivity index (χ2v) is 4.98. The molecule has 0 radical (unpaired) electrons. The van der Waals surface area contributed by atoms with Crippen LogP contribution in [0.15, 0.2) is 35.3 Å². The van der Waals surface area contributed by atoms with E-state index >= 15 is 0 Å². The van der Waals surface area contributed by atoms with Gasteiger partial charge in [-0.2, -0.15) is 16.4 Å². The molecule has 1 N–H and O–H groups in total. The lowest BCUT2D eigenvalue weighted by Gasteiger charge is -2.05. The van der Waals surface area contributed by atoms with Crippen molar-refractivity contribution in [2.75, 3.05) is 11.9 Å².